The van der Waals surface area contributed by atoms with E-state index < -0.39 is 33.7 Å². The van der Waals surface area contributed by atoms with Crippen LogP contribution in [0, 0.1) is 0 Å². The lowest BCUT2D eigenvalue weighted by Gasteiger charge is -2.11. The molecule has 9 heteroatoms. The molecule has 0 spiro atoms. The molecule has 0 aliphatic heterocycles. The second kappa shape index (κ2) is 3.96. The van der Waals surface area contributed by atoms with Crippen molar-refractivity contribution in [2.75, 3.05) is 6.61 Å². The fraction of sp³-hybridized carbons (Fsp3) is 0.600. The predicted octanol–water partition coefficient (Wildman–Crippen LogP) is -0.401. The van der Waals surface area contributed by atoms with Gasteiger partial charge in [0.1, 0.15) is 0 Å². The lowest BCUT2D eigenvalue weighted by atomic mass is 10.5. The normalized spacial score (nSPS) is 12.3. The SMILES string of the molecule is CC(=O)C(=O)OCC(F)(F)S(=O)(=O)O. The summed E-state index contributed by atoms with van der Waals surface area (Å²) < 4.78 is 56.1. The van der Waals surface area contributed by atoms with E-state index in [-0.39, 0.29) is 0 Å². The standard InChI is InChI=1S/C5H6F2O6S/c1-3(8)4(9)13-2-5(6,7)14(10,11)12/h2H2,1H3,(H,10,11,12). The summed E-state index contributed by atoms with van der Waals surface area (Å²) in [7, 11) is -5.65. The molecule has 0 saturated carbocycles. The summed E-state index contributed by atoms with van der Waals surface area (Å²) in [4.78, 5) is 20.5. The first-order valence-corrected chi connectivity index (χ1v) is 4.54. The molecular formula is C5H6F2O6S. The number of carbonyl (C=O) groups is 2. The zero-order valence-electron chi connectivity index (χ0n) is 6.86. The van der Waals surface area contributed by atoms with Crippen LogP contribution in [0.1, 0.15) is 6.92 Å². The van der Waals surface area contributed by atoms with Crippen molar-refractivity contribution in [1.29, 1.82) is 0 Å². The van der Waals surface area contributed by atoms with Crippen LogP contribution in [0.4, 0.5) is 8.78 Å². The van der Waals surface area contributed by atoms with E-state index in [0.29, 0.717) is 0 Å². The number of hydrogen-bond donors (Lipinski definition) is 1. The van der Waals surface area contributed by atoms with Gasteiger partial charge in [-0.2, -0.15) is 17.2 Å². The summed E-state index contributed by atoms with van der Waals surface area (Å²) in [5, 5.41) is -4.61. The Morgan fingerprint density at radius 2 is 1.86 bits per heavy atom. The lowest BCUT2D eigenvalue weighted by Crippen LogP contribution is -2.35. The van der Waals surface area contributed by atoms with Crippen molar-refractivity contribution < 1.29 is 36.1 Å². The van der Waals surface area contributed by atoms with E-state index in [1.165, 1.54) is 0 Å². The van der Waals surface area contributed by atoms with Crippen LogP contribution in [0.25, 0.3) is 0 Å². The number of ether oxygens (including phenoxy) is 1. The van der Waals surface area contributed by atoms with Gasteiger partial charge in [0.2, 0.25) is 5.78 Å². The highest BCUT2D eigenvalue weighted by atomic mass is 32.2. The van der Waals surface area contributed by atoms with Gasteiger partial charge in [-0.1, -0.05) is 0 Å². The minimum absolute atomic E-state index is 0.758. The molecule has 14 heavy (non-hydrogen) atoms. The first-order valence-electron chi connectivity index (χ1n) is 3.10. The predicted molar refractivity (Wildman–Crippen MR) is 38.1 cm³/mol. The summed E-state index contributed by atoms with van der Waals surface area (Å²) in [6.45, 7) is -1.14. The Morgan fingerprint density at radius 1 is 1.43 bits per heavy atom. The number of alkyl halides is 2. The molecular weight excluding hydrogens is 226 g/mol. The Hall–Kier alpha value is -1.09. The van der Waals surface area contributed by atoms with Gasteiger partial charge in [-0.05, 0) is 0 Å². The zero-order chi connectivity index (χ0) is 11.6. The average molecular weight is 232 g/mol. The molecule has 0 aromatic carbocycles. The van der Waals surface area contributed by atoms with E-state index in [1.54, 1.807) is 0 Å². The maximum Gasteiger partial charge on any atom is 0.402 e. The van der Waals surface area contributed by atoms with Crippen LogP contribution in [0.3, 0.4) is 0 Å². The summed E-state index contributed by atoms with van der Waals surface area (Å²) in [5.74, 6) is -2.76. The maximum absolute atomic E-state index is 12.3. The summed E-state index contributed by atoms with van der Waals surface area (Å²) in [5.41, 5.74) is 0. The molecule has 0 aliphatic carbocycles. The van der Waals surface area contributed by atoms with Gasteiger partial charge in [0, 0.05) is 6.92 Å². The van der Waals surface area contributed by atoms with Gasteiger partial charge in [-0.15, -0.1) is 0 Å². The van der Waals surface area contributed by atoms with Crippen LogP contribution in [0.5, 0.6) is 0 Å². The lowest BCUT2D eigenvalue weighted by molar-refractivity contribution is -0.157. The van der Waals surface area contributed by atoms with Crippen molar-refractivity contribution >= 4 is 21.9 Å². The second-order valence-electron chi connectivity index (χ2n) is 2.24. The van der Waals surface area contributed by atoms with Crippen LogP contribution >= 0.6 is 0 Å². The molecule has 0 aliphatic rings. The first-order chi connectivity index (χ1) is 6.08. The van der Waals surface area contributed by atoms with Crippen molar-refractivity contribution in [2.45, 2.75) is 12.2 Å². The molecule has 0 saturated heterocycles. The number of Topliss-reactive ketones (excluding diaryl/α,β-unsaturated/α-hetero) is 1. The molecule has 1 N–H and O–H groups in total. The van der Waals surface area contributed by atoms with Crippen molar-refractivity contribution in [2.24, 2.45) is 0 Å². The zero-order valence-corrected chi connectivity index (χ0v) is 7.68. The van der Waals surface area contributed by atoms with Crippen molar-refractivity contribution in [3.8, 4) is 0 Å². The number of esters is 1. The van der Waals surface area contributed by atoms with Gasteiger partial charge in [-0.3, -0.25) is 9.35 Å². The van der Waals surface area contributed by atoms with E-state index in [9.17, 15) is 26.8 Å². The highest BCUT2D eigenvalue weighted by Gasteiger charge is 2.45. The van der Waals surface area contributed by atoms with Gasteiger partial charge in [0.05, 0.1) is 0 Å². The number of rotatable bonds is 4. The molecule has 0 amide bonds. The van der Waals surface area contributed by atoms with E-state index >= 15 is 0 Å². The van der Waals surface area contributed by atoms with Crippen LogP contribution in [0.2, 0.25) is 0 Å². The molecule has 0 bridgehead atoms. The number of carbonyl (C=O) groups excluding carboxylic acids is 2. The van der Waals surface area contributed by atoms with Gasteiger partial charge < -0.3 is 4.74 Å². The van der Waals surface area contributed by atoms with Crippen LogP contribution in [-0.4, -0.2) is 36.6 Å². The van der Waals surface area contributed by atoms with Crippen LogP contribution in [-0.2, 0) is 24.4 Å². The van der Waals surface area contributed by atoms with Crippen LogP contribution in [0.15, 0.2) is 0 Å². The Bertz CT molecular complexity index is 345. The molecule has 0 unspecified atom stereocenters. The summed E-state index contributed by atoms with van der Waals surface area (Å²) in [6, 6.07) is 0. The van der Waals surface area contributed by atoms with Crippen molar-refractivity contribution in [1.82, 2.24) is 0 Å². The molecule has 0 aromatic heterocycles. The Labute approximate surface area is 77.6 Å². The summed E-state index contributed by atoms with van der Waals surface area (Å²) >= 11 is 0. The molecule has 0 heterocycles. The number of ketones is 1. The third-order valence-corrected chi connectivity index (χ3v) is 1.91. The van der Waals surface area contributed by atoms with Gasteiger partial charge >= 0.3 is 21.3 Å². The molecule has 0 rings (SSSR count). The van der Waals surface area contributed by atoms with Crippen molar-refractivity contribution in [3.05, 3.63) is 0 Å². The van der Waals surface area contributed by atoms with E-state index in [1.807, 2.05) is 0 Å². The van der Waals surface area contributed by atoms with Gasteiger partial charge in [-0.25, -0.2) is 4.79 Å². The Balaban J connectivity index is 4.42. The molecule has 6 nitrogen and oxygen atoms in total. The number of hydrogen-bond acceptors (Lipinski definition) is 5. The minimum atomic E-state index is -5.65. The smallest absolute Gasteiger partial charge is 0.402 e. The first kappa shape index (κ1) is 12.9. The van der Waals surface area contributed by atoms with E-state index in [4.69, 9.17) is 4.55 Å². The monoisotopic (exact) mass is 232 g/mol. The van der Waals surface area contributed by atoms with E-state index in [0.717, 1.165) is 6.92 Å². The largest absolute Gasteiger partial charge is 0.452 e. The molecule has 0 fully saturated rings. The quantitative estimate of drug-likeness (QED) is 0.402. The summed E-state index contributed by atoms with van der Waals surface area (Å²) in [6.07, 6.45) is 0. The van der Waals surface area contributed by atoms with E-state index in [2.05, 4.69) is 4.74 Å². The van der Waals surface area contributed by atoms with Crippen molar-refractivity contribution in [3.63, 3.8) is 0 Å². The molecule has 0 aromatic rings. The third-order valence-electron chi connectivity index (χ3n) is 1.04. The second-order valence-corrected chi connectivity index (χ2v) is 3.79. The third kappa shape index (κ3) is 3.34. The minimum Gasteiger partial charge on any atom is -0.452 e. The average Bonchev–Trinajstić information content (AvgIpc) is 1.97. The van der Waals surface area contributed by atoms with Crippen LogP contribution < -0.4 is 0 Å². The maximum atomic E-state index is 12.3. The molecule has 82 valence electrons. The van der Waals surface area contributed by atoms with Gasteiger partial charge in [0.25, 0.3) is 0 Å². The van der Waals surface area contributed by atoms with Gasteiger partial charge in [0.15, 0.2) is 6.61 Å². The fourth-order valence-corrected chi connectivity index (χ4v) is 0.534. The Morgan fingerprint density at radius 3 is 2.14 bits per heavy atom. The highest BCUT2D eigenvalue weighted by molar-refractivity contribution is 7.86. The topological polar surface area (TPSA) is 97.7 Å². The molecule has 0 radical (unpaired) electrons. The Kier molecular flexibility index (Phi) is 3.66. The fourth-order valence-electron chi connectivity index (χ4n) is 0.326. The molecule has 0 atom stereocenters. The highest BCUT2D eigenvalue weighted by Crippen LogP contribution is 2.20. The number of halogens is 2.